The Morgan fingerprint density at radius 1 is 1.08 bits per heavy atom. The van der Waals surface area contributed by atoms with Gasteiger partial charge in [-0.05, 0) is 61.1 Å². The lowest BCUT2D eigenvalue weighted by atomic mass is 9.96. The minimum atomic E-state index is -1.59. The van der Waals surface area contributed by atoms with Gasteiger partial charge in [0, 0.05) is 61.3 Å². The maximum absolute atomic E-state index is 11.8. The Hall–Kier alpha value is -4.41. The van der Waals surface area contributed by atoms with Gasteiger partial charge in [-0.25, -0.2) is 0 Å². The zero-order valence-corrected chi connectivity index (χ0v) is 30.2. The molecule has 1 fully saturated rings. The van der Waals surface area contributed by atoms with Gasteiger partial charge in [0.1, 0.15) is 41.6 Å². The van der Waals surface area contributed by atoms with E-state index in [0.717, 1.165) is 41.6 Å². The molecule has 13 heteroatoms. The molecular weight excluding hydrogens is 707 g/mol. The molecular formula is C39H40Cl2N4O7. The van der Waals surface area contributed by atoms with Gasteiger partial charge in [-0.1, -0.05) is 53.5 Å². The summed E-state index contributed by atoms with van der Waals surface area (Å²) < 4.78 is 18.8. The van der Waals surface area contributed by atoms with Crippen molar-refractivity contribution >= 4 is 29.2 Å². The summed E-state index contributed by atoms with van der Waals surface area (Å²) in [5.74, 6) is 0.190. The van der Waals surface area contributed by atoms with Crippen LogP contribution in [0.5, 0.6) is 17.2 Å². The Balaban J connectivity index is 1.21. The van der Waals surface area contributed by atoms with E-state index in [0.29, 0.717) is 70.1 Å². The molecule has 0 radical (unpaired) electrons. The smallest absolute Gasteiger partial charge is 0.326 e. The topological polar surface area (TPSA) is 157 Å². The van der Waals surface area contributed by atoms with Crippen LogP contribution in [0, 0.1) is 11.3 Å². The fraction of sp³-hybridized carbons (Fsp3) is 0.359. The van der Waals surface area contributed by atoms with E-state index in [4.69, 9.17) is 37.4 Å². The SMILES string of the molecule is CC(CO)(NCc1cc(Cl)c(O[C@H]2CCc3c(-c4cccc(OCCCN5CC(O)C5)c4Cl)cccc32)cc1OCc1cncc(C#N)c1)C(=O)O. The Morgan fingerprint density at radius 3 is 2.62 bits per heavy atom. The molecule has 2 heterocycles. The van der Waals surface area contributed by atoms with Gasteiger partial charge in [-0.15, -0.1) is 0 Å². The van der Waals surface area contributed by atoms with Crippen LogP contribution in [0.25, 0.3) is 11.1 Å². The number of fused-ring (bicyclic) bond motifs is 1. The van der Waals surface area contributed by atoms with Gasteiger partial charge in [-0.3, -0.25) is 20.0 Å². The first-order valence-electron chi connectivity index (χ1n) is 17.1. The molecule has 1 unspecified atom stereocenters. The number of aliphatic hydroxyl groups is 2. The molecule has 0 saturated carbocycles. The van der Waals surface area contributed by atoms with E-state index < -0.39 is 18.1 Å². The van der Waals surface area contributed by atoms with Gasteiger partial charge >= 0.3 is 5.97 Å². The quantitative estimate of drug-likeness (QED) is 0.101. The second-order valence-electron chi connectivity index (χ2n) is 13.3. The number of β-amino-alcohol motifs (C(OH)–C–C–N with tert-alkyl or cyclic N) is 1. The summed E-state index contributed by atoms with van der Waals surface area (Å²) in [7, 11) is 0. The fourth-order valence-corrected chi connectivity index (χ4v) is 6.90. The van der Waals surface area contributed by atoms with E-state index in [1.165, 1.54) is 13.1 Å². The molecule has 1 aliphatic carbocycles. The number of nitrogens with zero attached hydrogens (tertiary/aromatic N) is 3. The maximum Gasteiger partial charge on any atom is 0.326 e. The van der Waals surface area contributed by atoms with Crippen LogP contribution >= 0.6 is 23.2 Å². The number of aliphatic hydroxyl groups excluding tert-OH is 2. The Morgan fingerprint density at radius 2 is 1.87 bits per heavy atom. The van der Waals surface area contributed by atoms with Gasteiger partial charge in [0.25, 0.3) is 0 Å². The number of carboxylic acids is 1. The number of carbonyl (C=O) groups is 1. The second kappa shape index (κ2) is 16.5. The van der Waals surface area contributed by atoms with Crippen molar-refractivity contribution in [1.82, 2.24) is 15.2 Å². The predicted molar refractivity (Wildman–Crippen MR) is 196 cm³/mol. The highest BCUT2D eigenvalue weighted by Crippen LogP contribution is 2.45. The van der Waals surface area contributed by atoms with Gasteiger partial charge in [0.05, 0.1) is 34.9 Å². The molecule has 1 aliphatic heterocycles. The number of hydrogen-bond acceptors (Lipinski definition) is 10. The molecule has 11 nitrogen and oxygen atoms in total. The van der Waals surface area contributed by atoms with Crippen LogP contribution in [0.3, 0.4) is 0 Å². The van der Waals surface area contributed by atoms with Gasteiger partial charge < -0.3 is 29.5 Å². The molecule has 1 aromatic heterocycles. The van der Waals surface area contributed by atoms with Gasteiger partial charge in [0.2, 0.25) is 0 Å². The molecule has 6 rings (SSSR count). The van der Waals surface area contributed by atoms with E-state index in [9.17, 15) is 25.4 Å². The molecule has 4 N–H and O–H groups in total. The minimum absolute atomic E-state index is 0.0247. The molecule has 4 aromatic rings. The van der Waals surface area contributed by atoms with Crippen LogP contribution in [-0.2, 0) is 24.4 Å². The van der Waals surface area contributed by atoms with E-state index in [1.54, 1.807) is 24.4 Å². The average Bonchev–Trinajstić information content (AvgIpc) is 3.55. The van der Waals surface area contributed by atoms with E-state index in [2.05, 4.69) is 27.3 Å². The third-order valence-corrected chi connectivity index (χ3v) is 10.1. The number of benzene rings is 3. The number of rotatable bonds is 16. The van der Waals surface area contributed by atoms with Crippen molar-refractivity contribution < 1.29 is 34.3 Å². The number of carboxylic acid groups (broad SMARTS) is 1. The van der Waals surface area contributed by atoms with Crippen molar-refractivity contribution in [2.24, 2.45) is 0 Å². The lowest BCUT2D eigenvalue weighted by Gasteiger charge is -2.35. The van der Waals surface area contributed by atoms with Crippen molar-refractivity contribution in [2.75, 3.05) is 32.8 Å². The number of ether oxygens (including phenoxy) is 3. The monoisotopic (exact) mass is 746 g/mol. The van der Waals surface area contributed by atoms with Crippen LogP contribution in [-0.4, -0.2) is 75.7 Å². The summed E-state index contributed by atoms with van der Waals surface area (Å²) in [6.07, 6.45) is 4.80. The van der Waals surface area contributed by atoms with E-state index in [-0.39, 0.29) is 25.4 Å². The minimum Gasteiger partial charge on any atom is -0.492 e. The van der Waals surface area contributed by atoms with Crippen LogP contribution in [0.2, 0.25) is 10.0 Å². The predicted octanol–water partition coefficient (Wildman–Crippen LogP) is 5.94. The number of pyridine rings is 1. The normalized spacial score (nSPS) is 16.7. The molecule has 1 saturated heterocycles. The van der Waals surface area contributed by atoms with Crippen LogP contribution in [0.15, 0.2) is 67.0 Å². The third kappa shape index (κ3) is 8.45. The Labute approximate surface area is 312 Å². The molecule has 272 valence electrons. The highest BCUT2D eigenvalue weighted by molar-refractivity contribution is 6.35. The summed E-state index contributed by atoms with van der Waals surface area (Å²) >= 11 is 13.7. The Kier molecular flexibility index (Phi) is 11.9. The Bertz CT molecular complexity index is 1970. The molecule has 0 amide bonds. The molecule has 2 atom stereocenters. The molecule has 0 bridgehead atoms. The number of hydrogen-bond donors (Lipinski definition) is 4. The number of halogens is 2. The first-order chi connectivity index (χ1) is 25.1. The summed E-state index contributed by atoms with van der Waals surface area (Å²) in [4.78, 5) is 18.1. The number of nitrogens with one attached hydrogen (secondary N) is 1. The molecule has 3 aromatic carbocycles. The first kappa shape index (κ1) is 37.4. The van der Waals surface area contributed by atoms with Crippen molar-refractivity contribution in [3.63, 3.8) is 0 Å². The largest absolute Gasteiger partial charge is 0.492 e. The molecule has 52 heavy (non-hydrogen) atoms. The zero-order valence-electron chi connectivity index (χ0n) is 28.6. The number of aromatic nitrogens is 1. The highest BCUT2D eigenvalue weighted by atomic mass is 35.5. The van der Waals surface area contributed by atoms with Gasteiger partial charge in [-0.2, -0.15) is 5.26 Å². The molecule has 2 aliphatic rings. The lowest BCUT2D eigenvalue weighted by Crippen LogP contribution is -2.52. The zero-order chi connectivity index (χ0) is 36.8. The van der Waals surface area contributed by atoms with Crippen molar-refractivity contribution in [3.05, 3.63) is 105 Å². The van der Waals surface area contributed by atoms with Crippen LogP contribution < -0.4 is 19.5 Å². The highest BCUT2D eigenvalue weighted by Gasteiger charge is 2.33. The lowest BCUT2D eigenvalue weighted by molar-refractivity contribution is -0.145. The number of likely N-dealkylation sites (tertiary alicyclic amines) is 1. The summed E-state index contributed by atoms with van der Waals surface area (Å²) in [5.41, 5.74) is 4.03. The van der Waals surface area contributed by atoms with Crippen molar-refractivity contribution in [1.29, 1.82) is 5.26 Å². The van der Waals surface area contributed by atoms with Crippen molar-refractivity contribution in [3.8, 4) is 34.4 Å². The second-order valence-corrected chi connectivity index (χ2v) is 14.1. The standard InChI is InChI=1S/C39H40Cl2N4O7/c1-39(23-46,38(48)49)44-19-26-14-32(40)36(15-35(26)51-22-25-13-24(16-42)17-43-18-25)52-33-10-9-29-28(5-2-6-30(29)33)31-7-3-8-34(37(31)41)50-12-4-11-45-20-27(47)21-45/h2-3,5-8,13-15,17-18,27,33,44,46-47H,4,9-12,19-23H2,1H3,(H,48,49)/t33-,39?/m0/s1. The number of nitriles is 1. The van der Waals surface area contributed by atoms with E-state index >= 15 is 0 Å². The third-order valence-electron chi connectivity index (χ3n) is 9.44. The summed E-state index contributed by atoms with van der Waals surface area (Å²) in [6.45, 7) is 3.66. The first-order valence-corrected chi connectivity index (χ1v) is 17.8. The average molecular weight is 748 g/mol. The van der Waals surface area contributed by atoms with Gasteiger partial charge in [0.15, 0.2) is 0 Å². The number of aliphatic carboxylic acids is 1. The van der Waals surface area contributed by atoms with Crippen molar-refractivity contribution in [2.45, 2.75) is 57.1 Å². The summed E-state index contributed by atoms with van der Waals surface area (Å²) in [5, 5.41) is 42.0. The molecule has 0 spiro atoms. The maximum atomic E-state index is 11.8. The van der Waals surface area contributed by atoms with Crippen LogP contribution in [0.1, 0.15) is 53.7 Å². The fourth-order valence-electron chi connectivity index (χ4n) is 6.39. The van der Waals surface area contributed by atoms with E-state index in [1.807, 2.05) is 30.3 Å². The van der Waals surface area contributed by atoms with Crippen LogP contribution in [0.4, 0.5) is 0 Å². The summed E-state index contributed by atoms with van der Waals surface area (Å²) in [6, 6.07) is 19.0.